The number of aliphatic hydroxyl groups excluding tert-OH is 1. The van der Waals surface area contributed by atoms with E-state index in [1.165, 1.54) is 10.9 Å². The van der Waals surface area contributed by atoms with Crippen molar-refractivity contribution in [2.75, 3.05) is 13.2 Å². The second kappa shape index (κ2) is 7.91. The van der Waals surface area contributed by atoms with E-state index in [4.69, 9.17) is 9.84 Å². The van der Waals surface area contributed by atoms with Gasteiger partial charge in [0.15, 0.2) is 6.04 Å². The van der Waals surface area contributed by atoms with Crippen molar-refractivity contribution in [1.82, 2.24) is 19.9 Å². The van der Waals surface area contributed by atoms with Crippen LogP contribution in [0.2, 0.25) is 0 Å². The molecule has 9 nitrogen and oxygen atoms in total. The summed E-state index contributed by atoms with van der Waals surface area (Å²) in [5.41, 5.74) is -0.620. The van der Waals surface area contributed by atoms with Crippen molar-refractivity contribution >= 4 is 12.1 Å². The Morgan fingerprint density at radius 2 is 2.09 bits per heavy atom. The number of aromatic nitrogens is 3. The first-order valence-electron chi connectivity index (χ1n) is 7.43. The van der Waals surface area contributed by atoms with Crippen molar-refractivity contribution in [3.05, 3.63) is 11.9 Å². The Labute approximate surface area is 134 Å². The summed E-state index contributed by atoms with van der Waals surface area (Å²) in [6.45, 7) is 7.22. The lowest BCUT2D eigenvalue weighted by Crippen LogP contribution is -2.42. The van der Waals surface area contributed by atoms with Gasteiger partial charge in [-0.05, 0) is 27.2 Å². The number of aliphatic hydroxyl groups is 1. The molecule has 1 aromatic rings. The van der Waals surface area contributed by atoms with E-state index < -0.39 is 23.7 Å². The van der Waals surface area contributed by atoms with Gasteiger partial charge in [-0.1, -0.05) is 12.1 Å². The minimum Gasteiger partial charge on any atom is -0.479 e. The van der Waals surface area contributed by atoms with Gasteiger partial charge in [-0.25, -0.2) is 14.3 Å². The van der Waals surface area contributed by atoms with E-state index >= 15 is 0 Å². The molecule has 1 amide bonds. The molecule has 1 aromatic heterocycles. The molecule has 0 radical (unpaired) electrons. The lowest BCUT2D eigenvalue weighted by Gasteiger charge is -2.30. The lowest BCUT2D eigenvalue weighted by molar-refractivity contribution is -0.143. The minimum atomic E-state index is -1.29. The number of amides is 1. The van der Waals surface area contributed by atoms with Gasteiger partial charge < -0.3 is 14.9 Å². The molecular weight excluding hydrogens is 304 g/mol. The van der Waals surface area contributed by atoms with Crippen LogP contribution < -0.4 is 0 Å². The Bertz CT molecular complexity index is 538. The molecule has 0 aromatic carbocycles. The molecule has 0 bridgehead atoms. The highest BCUT2D eigenvalue weighted by Gasteiger charge is 2.35. The van der Waals surface area contributed by atoms with Gasteiger partial charge in [0.2, 0.25) is 0 Å². The first-order valence-corrected chi connectivity index (χ1v) is 7.43. The maximum absolute atomic E-state index is 12.3. The number of carbonyl (C=O) groups excluding carboxylic acids is 1. The number of ether oxygens (including phenoxy) is 1. The summed E-state index contributed by atoms with van der Waals surface area (Å²) in [5.74, 6) is -1.22. The summed E-state index contributed by atoms with van der Waals surface area (Å²) in [4.78, 5) is 25.1. The number of rotatable bonds is 7. The molecule has 0 aliphatic heterocycles. The van der Waals surface area contributed by atoms with Crippen LogP contribution >= 0.6 is 0 Å². The largest absolute Gasteiger partial charge is 0.479 e. The molecular formula is C14H24N4O5. The highest BCUT2D eigenvalue weighted by atomic mass is 16.6. The normalized spacial score (nSPS) is 12.7. The Morgan fingerprint density at radius 3 is 2.57 bits per heavy atom. The number of carboxylic acids is 1. The van der Waals surface area contributed by atoms with E-state index in [0.717, 1.165) is 4.90 Å². The van der Waals surface area contributed by atoms with Crippen LogP contribution in [0.25, 0.3) is 0 Å². The number of nitrogens with zero attached hydrogens (tertiary/aromatic N) is 4. The molecule has 1 unspecified atom stereocenters. The molecule has 1 heterocycles. The third-order valence-electron chi connectivity index (χ3n) is 2.80. The van der Waals surface area contributed by atoms with Crippen molar-refractivity contribution in [3.8, 4) is 0 Å². The Morgan fingerprint density at radius 1 is 1.43 bits per heavy atom. The average molecular weight is 328 g/mol. The van der Waals surface area contributed by atoms with Gasteiger partial charge in [-0.15, -0.1) is 5.10 Å². The fourth-order valence-corrected chi connectivity index (χ4v) is 1.96. The SMILES string of the molecule is CCCN(C(=O)OC(C)(C)C)C(C(=O)O)c1cn(CCO)nn1. The van der Waals surface area contributed by atoms with Crippen molar-refractivity contribution in [1.29, 1.82) is 0 Å². The van der Waals surface area contributed by atoms with Gasteiger partial charge in [0, 0.05) is 6.54 Å². The van der Waals surface area contributed by atoms with Crippen LogP contribution in [-0.4, -0.2) is 60.9 Å². The molecule has 130 valence electrons. The van der Waals surface area contributed by atoms with E-state index in [0.29, 0.717) is 6.42 Å². The van der Waals surface area contributed by atoms with Crippen molar-refractivity contribution in [2.24, 2.45) is 0 Å². The Kier molecular flexibility index (Phi) is 6.49. The fourth-order valence-electron chi connectivity index (χ4n) is 1.96. The van der Waals surface area contributed by atoms with Gasteiger partial charge in [-0.3, -0.25) is 4.90 Å². The van der Waals surface area contributed by atoms with Crippen LogP contribution in [0.3, 0.4) is 0 Å². The van der Waals surface area contributed by atoms with Crippen LogP contribution in [0.4, 0.5) is 4.79 Å². The number of carbonyl (C=O) groups is 2. The Balaban J connectivity index is 3.10. The zero-order valence-electron chi connectivity index (χ0n) is 13.9. The van der Waals surface area contributed by atoms with Crippen molar-refractivity contribution < 1.29 is 24.5 Å². The second-order valence-corrected chi connectivity index (χ2v) is 6.04. The number of hydrogen-bond donors (Lipinski definition) is 2. The first kappa shape index (κ1) is 18.9. The zero-order valence-corrected chi connectivity index (χ0v) is 13.9. The average Bonchev–Trinajstić information content (AvgIpc) is 2.84. The third-order valence-corrected chi connectivity index (χ3v) is 2.80. The summed E-state index contributed by atoms with van der Waals surface area (Å²) in [6.07, 6.45) is 1.25. The van der Waals surface area contributed by atoms with Crippen molar-refractivity contribution in [2.45, 2.75) is 52.3 Å². The molecule has 0 saturated heterocycles. The molecule has 0 saturated carbocycles. The van der Waals surface area contributed by atoms with Crippen LogP contribution in [-0.2, 0) is 16.1 Å². The third kappa shape index (κ3) is 5.51. The zero-order chi connectivity index (χ0) is 17.6. The minimum absolute atomic E-state index is 0.116. The van der Waals surface area contributed by atoms with Crippen LogP contribution in [0.5, 0.6) is 0 Å². The Hall–Kier alpha value is -2.16. The van der Waals surface area contributed by atoms with E-state index in [2.05, 4.69) is 10.3 Å². The smallest absolute Gasteiger partial charge is 0.411 e. The summed E-state index contributed by atoms with van der Waals surface area (Å²) < 4.78 is 6.61. The number of carboxylic acid groups (broad SMARTS) is 1. The predicted octanol–water partition coefficient (Wildman–Crippen LogP) is 1.04. The van der Waals surface area contributed by atoms with E-state index in [-0.39, 0.29) is 25.4 Å². The summed E-state index contributed by atoms with van der Waals surface area (Å²) >= 11 is 0. The standard InChI is InChI=1S/C14H24N4O5/c1-5-6-18(13(22)23-14(2,3)4)11(12(20)21)10-9-17(7-8-19)16-15-10/h9,11,19H,5-8H2,1-4H3,(H,20,21). The molecule has 2 N–H and O–H groups in total. The summed E-state index contributed by atoms with van der Waals surface area (Å²) in [5, 5.41) is 26.0. The second-order valence-electron chi connectivity index (χ2n) is 6.04. The molecule has 23 heavy (non-hydrogen) atoms. The van der Waals surface area contributed by atoms with Gasteiger partial charge in [-0.2, -0.15) is 0 Å². The summed E-state index contributed by atoms with van der Waals surface area (Å²) in [6, 6.07) is -1.29. The van der Waals surface area contributed by atoms with E-state index in [1.807, 2.05) is 6.92 Å². The molecule has 0 fully saturated rings. The van der Waals surface area contributed by atoms with E-state index in [1.54, 1.807) is 20.8 Å². The van der Waals surface area contributed by atoms with Crippen molar-refractivity contribution in [3.63, 3.8) is 0 Å². The van der Waals surface area contributed by atoms with Gasteiger partial charge >= 0.3 is 12.1 Å². The first-order chi connectivity index (χ1) is 10.7. The molecule has 0 aliphatic carbocycles. The van der Waals surface area contributed by atoms with Crippen LogP contribution in [0, 0.1) is 0 Å². The van der Waals surface area contributed by atoms with Gasteiger partial charge in [0.1, 0.15) is 11.3 Å². The topological polar surface area (TPSA) is 118 Å². The van der Waals surface area contributed by atoms with Crippen LogP contribution in [0.1, 0.15) is 45.9 Å². The van der Waals surface area contributed by atoms with Gasteiger partial charge in [0.05, 0.1) is 19.3 Å². The monoisotopic (exact) mass is 328 g/mol. The summed E-state index contributed by atoms with van der Waals surface area (Å²) in [7, 11) is 0. The fraction of sp³-hybridized carbons (Fsp3) is 0.714. The molecule has 9 heteroatoms. The maximum Gasteiger partial charge on any atom is 0.411 e. The number of aliphatic carboxylic acids is 1. The predicted molar refractivity (Wildman–Crippen MR) is 80.7 cm³/mol. The molecule has 0 aliphatic rings. The molecule has 1 rings (SSSR count). The lowest BCUT2D eigenvalue weighted by atomic mass is 10.1. The highest BCUT2D eigenvalue weighted by molar-refractivity contribution is 5.81. The molecule has 1 atom stereocenters. The number of hydrogen-bond acceptors (Lipinski definition) is 6. The quantitative estimate of drug-likeness (QED) is 0.768. The van der Waals surface area contributed by atoms with E-state index in [9.17, 15) is 14.7 Å². The maximum atomic E-state index is 12.3. The molecule has 0 spiro atoms. The van der Waals surface area contributed by atoms with Crippen LogP contribution in [0.15, 0.2) is 6.20 Å². The van der Waals surface area contributed by atoms with Gasteiger partial charge in [0.25, 0.3) is 0 Å². The highest BCUT2D eigenvalue weighted by Crippen LogP contribution is 2.22.